The van der Waals surface area contributed by atoms with Crippen LogP contribution in [0.15, 0.2) is 41.1 Å². The molecule has 0 aliphatic heterocycles. The van der Waals surface area contributed by atoms with Crippen molar-refractivity contribution in [2.45, 2.75) is 26.0 Å². The third-order valence-corrected chi connectivity index (χ3v) is 4.10. The molecule has 0 amide bonds. The average Bonchev–Trinajstić information content (AvgIpc) is 2.96. The van der Waals surface area contributed by atoms with Crippen molar-refractivity contribution < 1.29 is 5.11 Å². The summed E-state index contributed by atoms with van der Waals surface area (Å²) in [6.07, 6.45) is 3.48. The number of fused-ring (bicyclic) bond motifs is 1. The molecule has 0 saturated heterocycles. The van der Waals surface area contributed by atoms with Crippen molar-refractivity contribution in [1.29, 1.82) is 0 Å². The van der Waals surface area contributed by atoms with E-state index in [1.807, 2.05) is 24.3 Å². The smallest absolute Gasteiger partial charge is 0.124 e. The monoisotopic (exact) mass is 346 g/mol. The molecule has 1 unspecified atom stereocenters. The molecule has 0 fully saturated rings. The number of rotatable bonds is 4. The van der Waals surface area contributed by atoms with Crippen LogP contribution in [-0.2, 0) is 6.54 Å². The van der Waals surface area contributed by atoms with Gasteiger partial charge in [0, 0.05) is 28.2 Å². The summed E-state index contributed by atoms with van der Waals surface area (Å²) in [5.41, 5.74) is 2.23. The number of hydrogen-bond donors (Lipinski definition) is 1. The summed E-state index contributed by atoms with van der Waals surface area (Å²) in [5, 5.41) is 19.6. The predicted octanol–water partition coefficient (Wildman–Crippen LogP) is 3.08. The quantitative estimate of drug-likeness (QED) is 0.788. The van der Waals surface area contributed by atoms with Crippen LogP contribution in [0.3, 0.4) is 0 Å². The lowest BCUT2D eigenvalue weighted by Gasteiger charge is -2.14. The number of aliphatic hydroxyl groups excluding tert-OH is 1. The molecule has 6 heteroatoms. The van der Waals surface area contributed by atoms with Gasteiger partial charge < -0.3 is 5.11 Å². The molecule has 1 aromatic carbocycles. The van der Waals surface area contributed by atoms with Crippen LogP contribution in [0.2, 0.25) is 0 Å². The Labute approximate surface area is 130 Å². The maximum absolute atomic E-state index is 10.7. The highest BCUT2D eigenvalue weighted by atomic mass is 79.9. The van der Waals surface area contributed by atoms with Crippen LogP contribution in [0.4, 0.5) is 0 Å². The summed E-state index contributed by atoms with van der Waals surface area (Å²) in [5.74, 6) is 0. The average molecular weight is 347 g/mol. The molecule has 3 rings (SSSR count). The third-order valence-electron chi connectivity index (χ3n) is 3.41. The Kier molecular flexibility index (Phi) is 3.98. The number of halogens is 1. The minimum absolute atomic E-state index is 0.686. The maximum atomic E-state index is 10.7. The van der Waals surface area contributed by atoms with Gasteiger partial charge in [0.05, 0.1) is 17.4 Å². The van der Waals surface area contributed by atoms with E-state index in [0.717, 1.165) is 33.9 Å². The number of benzene rings is 1. The van der Waals surface area contributed by atoms with Gasteiger partial charge in [-0.3, -0.25) is 4.98 Å². The van der Waals surface area contributed by atoms with Crippen molar-refractivity contribution >= 4 is 26.8 Å². The summed E-state index contributed by atoms with van der Waals surface area (Å²) < 4.78 is 2.70. The minimum Gasteiger partial charge on any atom is -0.382 e. The molecule has 2 heterocycles. The van der Waals surface area contributed by atoms with E-state index >= 15 is 0 Å². The van der Waals surface area contributed by atoms with Gasteiger partial charge in [0.25, 0.3) is 0 Å². The van der Waals surface area contributed by atoms with Crippen molar-refractivity contribution in [3.63, 3.8) is 0 Å². The zero-order valence-corrected chi connectivity index (χ0v) is 13.2. The molecule has 3 aromatic rings. The number of aliphatic hydroxyl groups is 1. The van der Waals surface area contributed by atoms with E-state index in [0.29, 0.717) is 5.69 Å². The Morgan fingerprint density at radius 1 is 1.33 bits per heavy atom. The molecule has 1 atom stereocenters. The van der Waals surface area contributed by atoms with Crippen molar-refractivity contribution in [2.75, 3.05) is 0 Å². The SMILES string of the molecule is CCCn1nncc1C(O)c1ccc(Br)c2cccnc12. The highest BCUT2D eigenvalue weighted by Crippen LogP contribution is 2.31. The van der Waals surface area contributed by atoms with E-state index < -0.39 is 6.10 Å². The molecule has 0 aliphatic rings. The van der Waals surface area contributed by atoms with Crippen LogP contribution in [0, 0.1) is 0 Å². The Balaban J connectivity index is 2.12. The number of aryl methyl sites for hydroxylation is 1. The zero-order chi connectivity index (χ0) is 14.8. The van der Waals surface area contributed by atoms with Gasteiger partial charge in [-0.05, 0) is 18.6 Å². The standard InChI is InChI=1S/C15H15BrN4O/c1-2-8-20-13(9-18-19-20)15(21)11-5-6-12(16)10-4-3-7-17-14(10)11/h3-7,9,15,21H,2,8H2,1H3. The second-order valence-corrected chi connectivity index (χ2v) is 5.68. The molecule has 2 aromatic heterocycles. The lowest BCUT2D eigenvalue weighted by atomic mass is 10.0. The highest BCUT2D eigenvalue weighted by molar-refractivity contribution is 9.10. The summed E-state index contributed by atoms with van der Waals surface area (Å²) in [7, 11) is 0. The van der Waals surface area contributed by atoms with Crippen LogP contribution in [0.25, 0.3) is 10.9 Å². The summed E-state index contributed by atoms with van der Waals surface area (Å²) in [6.45, 7) is 2.79. The van der Waals surface area contributed by atoms with Crippen molar-refractivity contribution in [1.82, 2.24) is 20.0 Å². The molecule has 5 nitrogen and oxygen atoms in total. The first-order valence-electron chi connectivity index (χ1n) is 6.82. The van der Waals surface area contributed by atoms with Gasteiger partial charge in [0.15, 0.2) is 0 Å². The fraction of sp³-hybridized carbons (Fsp3) is 0.267. The van der Waals surface area contributed by atoms with Gasteiger partial charge in [0.2, 0.25) is 0 Å². The Morgan fingerprint density at radius 2 is 2.19 bits per heavy atom. The Hall–Kier alpha value is -1.79. The lowest BCUT2D eigenvalue weighted by molar-refractivity contribution is 0.208. The van der Waals surface area contributed by atoms with Crippen molar-refractivity contribution in [3.8, 4) is 0 Å². The number of aromatic nitrogens is 4. The fourth-order valence-corrected chi connectivity index (χ4v) is 2.85. The molecule has 0 saturated carbocycles. The number of pyridine rings is 1. The van der Waals surface area contributed by atoms with Gasteiger partial charge in [-0.25, -0.2) is 4.68 Å². The van der Waals surface area contributed by atoms with E-state index in [9.17, 15) is 5.11 Å². The first-order valence-corrected chi connectivity index (χ1v) is 7.61. The topological polar surface area (TPSA) is 63.8 Å². The molecule has 21 heavy (non-hydrogen) atoms. The van der Waals surface area contributed by atoms with Crippen LogP contribution < -0.4 is 0 Å². The first-order chi connectivity index (χ1) is 10.2. The highest BCUT2D eigenvalue weighted by Gasteiger charge is 2.19. The van der Waals surface area contributed by atoms with E-state index in [-0.39, 0.29) is 0 Å². The molecule has 0 spiro atoms. The summed E-state index contributed by atoms with van der Waals surface area (Å²) in [6, 6.07) is 7.67. The van der Waals surface area contributed by atoms with Gasteiger partial charge in [-0.15, -0.1) is 5.10 Å². The van der Waals surface area contributed by atoms with Crippen LogP contribution in [0.5, 0.6) is 0 Å². The largest absolute Gasteiger partial charge is 0.382 e. The zero-order valence-electron chi connectivity index (χ0n) is 11.6. The molecular formula is C15H15BrN4O. The second kappa shape index (κ2) is 5.91. The fourth-order valence-electron chi connectivity index (χ4n) is 2.40. The Morgan fingerprint density at radius 3 is 3.00 bits per heavy atom. The van der Waals surface area contributed by atoms with Crippen LogP contribution in [0.1, 0.15) is 30.7 Å². The Bertz CT molecular complexity index is 771. The van der Waals surface area contributed by atoms with E-state index in [1.165, 1.54) is 0 Å². The molecule has 108 valence electrons. The molecular weight excluding hydrogens is 332 g/mol. The molecule has 0 aliphatic carbocycles. The molecule has 0 radical (unpaired) electrons. The van der Waals surface area contributed by atoms with Crippen molar-refractivity contribution in [2.24, 2.45) is 0 Å². The second-order valence-electron chi connectivity index (χ2n) is 4.82. The van der Waals surface area contributed by atoms with Gasteiger partial charge in [0.1, 0.15) is 6.10 Å². The third kappa shape index (κ3) is 2.56. The normalized spacial score (nSPS) is 12.7. The van der Waals surface area contributed by atoms with E-state index in [1.54, 1.807) is 17.1 Å². The van der Waals surface area contributed by atoms with Crippen LogP contribution >= 0.6 is 15.9 Å². The van der Waals surface area contributed by atoms with Gasteiger partial charge >= 0.3 is 0 Å². The van der Waals surface area contributed by atoms with E-state index in [4.69, 9.17) is 0 Å². The predicted molar refractivity (Wildman–Crippen MR) is 83.8 cm³/mol. The van der Waals surface area contributed by atoms with Gasteiger partial charge in [-0.2, -0.15) is 0 Å². The molecule has 0 bridgehead atoms. The van der Waals surface area contributed by atoms with E-state index in [2.05, 4.69) is 38.1 Å². The van der Waals surface area contributed by atoms with Crippen LogP contribution in [-0.4, -0.2) is 25.1 Å². The van der Waals surface area contributed by atoms with Crippen molar-refractivity contribution in [3.05, 3.63) is 52.4 Å². The number of hydrogen-bond acceptors (Lipinski definition) is 4. The summed E-state index contributed by atoms with van der Waals surface area (Å²) >= 11 is 3.52. The molecule has 1 N–H and O–H groups in total. The summed E-state index contributed by atoms with van der Waals surface area (Å²) in [4.78, 5) is 4.41. The maximum Gasteiger partial charge on any atom is 0.124 e. The number of nitrogens with zero attached hydrogens (tertiary/aromatic N) is 4. The first kappa shape index (κ1) is 14.2. The van der Waals surface area contributed by atoms with Gasteiger partial charge in [-0.1, -0.05) is 40.2 Å². The minimum atomic E-state index is -0.794. The lowest BCUT2D eigenvalue weighted by Crippen LogP contribution is -2.10.